The van der Waals surface area contributed by atoms with Crippen molar-refractivity contribution >= 4 is 16.3 Å². The Morgan fingerprint density at radius 1 is 1.00 bits per heavy atom. The number of hydrogen-bond acceptors (Lipinski definition) is 5. The fourth-order valence-electron chi connectivity index (χ4n) is 2.14. The van der Waals surface area contributed by atoms with Gasteiger partial charge in [-0.2, -0.15) is 8.42 Å². The van der Waals surface area contributed by atoms with E-state index in [-0.39, 0.29) is 5.90 Å². The zero-order valence-corrected chi connectivity index (χ0v) is 18.2. The molecule has 0 rings (SSSR count). The molecular formula is C18H40N2O5S. The van der Waals surface area contributed by atoms with Crippen molar-refractivity contribution in [1.82, 2.24) is 0 Å². The van der Waals surface area contributed by atoms with Crippen LogP contribution in [0, 0.1) is 0 Å². The summed E-state index contributed by atoms with van der Waals surface area (Å²) in [5.74, 6) is 0.0985. The minimum Gasteiger partial charge on any atom is -0.862 e. The molecule has 0 heterocycles. The first-order valence-corrected chi connectivity index (χ1v) is 10.9. The van der Waals surface area contributed by atoms with Gasteiger partial charge in [-0.3, -0.25) is 13.7 Å². The number of quaternary nitrogens is 1. The van der Waals surface area contributed by atoms with Gasteiger partial charge in [0.2, 0.25) is 0 Å². The highest BCUT2D eigenvalue weighted by molar-refractivity contribution is 7.80. The van der Waals surface area contributed by atoms with Crippen molar-refractivity contribution in [3.8, 4) is 0 Å². The van der Waals surface area contributed by atoms with E-state index in [1.165, 1.54) is 51.4 Å². The first kappa shape index (κ1) is 27.5. The summed E-state index contributed by atoms with van der Waals surface area (Å²) in [5.41, 5.74) is 0. The van der Waals surface area contributed by atoms with E-state index in [0.717, 1.165) is 24.6 Å². The number of aliphatic imine (C=N–C) groups is 1. The molecule has 8 heteroatoms. The molecule has 0 aromatic heterocycles. The van der Waals surface area contributed by atoms with E-state index in [2.05, 4.69) is 37.2 Å². The third-order valence-corrected chi connectivity index (χ3v) is 4.19. The molecule has 7 nitrogen and oxygen atoms in total. The first-order valence-electron chi connectivity index (χ1n) is 9.55. The monoisotopic (exact) mass is 396 g/mol. The van der Waals surface area contributed by atoms with Crippen LogP contribution in [0.15, 0.2) is 4.99 Å². The van der Waals surface area contributed by atoms with E-state index in [9.17, 15) is 13.5 Å². The van der Waals surface area contributed by atoms with Crippen molar-refractivity contribution < 1.29 is 26.7 Å². The standard InChI is InChI=1S/C17H36N2O.CH4O4S/c1-5-6-7-8-9-10-11-12-13-14-17(20)18-15-16-19(2,3)4;1-5-6(2,3)4/h5-16H2,1-4H3;1H3,(H,2,3,4). The molecule has 0 radical (unpaired) electrons. The molecule has 0 amide bonds. The Labute approximate surface area is 161 Å². The lowest BCUT2D eigenvalue weighted by atomic mass is 10.1. The van der Waals surface area contributed by atoms with Crippen molar-refractivity contribution in [2.24, 2.45) is 4.99 Å². The maximum atomic E-state index is 11.6. The highest BCUT2D eigenvalue weighted by Crippen LogP contribution is 2.10. The lowest BCUT2D eigenvalue weighted by molar-refractivity contribution is -0.868. The van der Waals surface area contributed by atoms with Crippen LogP contribution in [0.3, 0.4) is 0 Å². The Morgan fingerprint density at radius 2 is 1.42 bits per heavy atom. The Morgan fingerprint density at radius 3 is 1.81 bits per heavy atom. The fourth-order valence-corrected chi connectivity index (χ4v) is 2.14. The first-order chi connectivity index (χ1) is 12.0. The molecule has 0 bridgehead atoms. The van der Waals surface area contributed by atoms with E-state index < -0.39 is 10.4 Å². The van der Waals surface area contributed by atoms with E-state index in [4.69, 9.17) is 4.55 Å². The van der Waals surface area contributed by atoms with Crippen LogP contribution in [0.4, 0.5) is 0 Å². The molecule has 0 saturated carbocycles. The Balaban J connectivity index is 0. The lowest BCUT2D eigenvalue weighted by Crippen LogP contribution is -2.37. The zero-order chi connectivity index (χ0) is 20.5. The van der Waals surface area contributed by atoms with Crippen molar-refractivity contribution in [3.63, 3.8) is 0 Å². The van der Waals surface area contributed by atoms with Crippen LogP contribution in [-0.2, 0) is 14.6 Å². The van der Waals surface area contributed by atoms with Gasteiger partial charge in [-0.1, -0.05) is 58.3 Å². The van der Waals surface area contributed by atoms with Crippen LogP contribution in [0.1, 0.15) is 71.1 Å². The van der Waals surface area contributed by atoms with Gasteiger partial charge in [0.05, 0.1) is 41.3 Å². The molecule has 0 aliphatic rings. The normalized spacial score (nSPS) is 12.6. The maximum absolute atomic E-state index is 11.6. The number of hydrogen-bond donors (Lipinski definition) is 1. The summed E-state index contributed by atoms with van der Waals surface area (Å²) >= 11 is 0. The topological polar surface area (TPSA) is 99.0 Å². The quantitative estimate of drug-likeness (QED) is 0.160. The van der Waals surface area contributed by atoms with Crippen LogP contribution >= 0.6 is 0 Å². The smallest absolute Gasteiger partial charge is 0.397 e. The van der Waals surface area contributed by atoms with Crippen molar-refractivity contribution in [1.29, 1.82) is 0 Å². The van der Waals surface area contributed by atoms with Gasteiger partial charge in [-0.25, -0.2) is 0 Å². The largest absolute Gasteiger partial charge is 0.862 e. The molecule has 0 aliphatic carbocycles. The molecule has 0 aromatic rings. The highest BCUT2D eigenvalue weighted by Gasteiger charge is 2.04. The predicted octanol–water partition coefficient (Wildman–Crippen LogP) is 2.81. The van der Waals surface area contributed by atoms with Gasteiger partial charge in [0.1, 0.15) is 0 Å². The molecule has 158 valence electrons. The minimum atomic E-state index is -4.16. The second kappa shape index (κ2) is 16.5. The van der Waals surface area contributed by atoms with Crippen molar-refractivity contribution in [3.05, 3.63) is 0 Å². The fraction of sp³-hybridized carbons (Fsp3) is 0.944. The average Bonchev–Trinajstić information content (AvgIpc) is 2.52. The van der Waals surface area contributed by atoms with E-state index in [0.29, 0.717) is 13.0 Å². The van der Waals surface area contributed by atoms with Crippen LogP contribution in [0.25, 0.3) is 0 Å². The summed E-state index contributed by atoms with van der Waals surface area (Å²) in [5, 5.41) is 11.6. The van der Waals surface area contributed by atoms with E-state index in [1.807, 2.05) is 0 Å². The van der Waals surface area contributed by atoms with Gasteiger partial charge >= 0.3 is 10.4 Å². The summed E-state index contributed by atoms with van der Waals surface area (Å²) in [4.78, 5) is 4.12. The molecule has 0 aliphatic heterocycles. The predicted molar refractivity (Wildman–Crippen MR) is 106 cm³/mol. The van der Waals surface area contributed by atoms with Gasteiger partial charge in [-0.05, 0) is 18.7 Å². The average molecular weight is 397 g/mol. The lowest BCUT2D eigenvalue weighted by Gasteiger charge is -2.23. The summed E-state index contributed by atoms with van der Waals surface area (Å²) < 4.78 is 30.6. The highest BCUT2D eigenvalue weighted by atomic mass is 32.3. The molecule has 0 saturated heterocycles. The summed E-state index contributed by atoms with van der Waals surface area (Å²) in [7, 11) is 3.08. The van der Waals surface area contributed by atoms with Gasteiger partial charge in [-0.15, -0.1) is 0 Å². The number of nitrogens with zero attached hydrogens (tertiary/aromatic N) is 2. The Bertz CT molecular complexity index is 445. The minimum absolute atomic E-state index is 0.0985. The number of rotatable bonds is 14. The third kappa shape index (κ3) is 28.1. The maximum Gasteiger partial charge on any atom is 0.397 e. The molecule has 0 unspecified atom stereocenters. The molecule has 0 atom stereocenters. The van der Waals surface area contributed by atoms with Crippen molar-refractivity contribution in [2.75, 3.05) is 41.3 Å². The Kier molecular flexibility index (Phi) is 17.4. The van der Waals surface area contributed by atoms with Gasteiger partial charge < -0.3 is 9.59 Å². The summed E-state index contributed by atoms with van der Waals surface area (Å²) in [6.45, 7) is 3.85. The zero-order valence-electron chi connectivity index (χ0n) is 17.4. The Hall–Kier alpha value is -0.700. The van der Waals surface area contributed by atoms with E-state index >= 15 is 0 Å². The third-order valence-electron chi connectivity index (χ3n) is 3.76. The molecular weight excluding hydrogens is 356 g/mol. The second-order valence-electron chi connectivity index (χ2n) is 7.46. The van der Waals surface area contributed by atoms with Crippen LogP contribution in [-0.4, -0.2) is 64.7 Å². The molecule has 0 fully saturated rings. The number of likely N-dealkylation sites (N-methyl/N-ethyl adjacent to an activating group) is 1. The van der Waals surface area contributed by atoms with Crippen LogP contribution < -0.4 is 5.11 Å². The van der Waals surface area contributed by atoms with Crippen LogP contribution in [0.2, 0.25) is 0 Å². The van der Waals surface area contributed by atoms with Gasteiger partial charge in [0, 0.05) is 0 Å². The van der Waals surface area contributed by atoms with Gasteiger partial charge in [0.15, 0.2) is 0 Å². The molecule has 26 heavy (non-hydrogen) atoms. The summed E-state index contributed by atoms with van der Waals surface area (Å²) in [6, 6.07) is 0. The van der Waals surface area contributed by atoms with E-state index in [1.54, 1.807) is 0 Å². The SMILES string of the molecule is CCCCCCCCCCCC([O-])=NCC[N+](C)(C)C.COS(=O)(=O)O. The molecule has 0 aromatic carbocycles. The number of unbranched alkanes of at least 4 members (excludes halogenated alkanes) is 8. The molecule has 0 spiro atoms. The second-order valence-corrected chi connectivity index (χ2v) is 8.65. The van der Waals surface area contributed by atoms with Crippen LogP contribution in [0.5, 0.6) is 0 Å². The molecule has 1 N–H and O–H groups in total. The summed E-state index contributed by atoms with van der Waals surface area (Å²) in [6.07, 6.45) is 12.3. The van der Waals surface area contributed by atoms with Gasteiger partial charge in [0.25, 0.3) is 0 Å². The van der Waals surface area contributed by atoms with Crippen molar-refractivity contribution in [2.45, 2.75) is 71.1 Å².